The zero-order valence-electron chi connectivity index (χ0n) is 29.5. The summed E-state index contributed by atoms with van der Waals surface area (Å²) in [5.41, 5.74) is 2.92. The van der Waals surface area contributed by atoms with Crippen LogP contribution in [0.5, 0.6) is 5.75 Å². The quantitative estimate of drug-likeness (QED) is 0.165. The van der Waals surface area contributed by atoms with E-state index in [1.165, 1.54) is 25.5 Å². The Hall–Kier alpha value is -5.20. The molecule has 2 aromatic carbocycles. The molecule has 2 fully saturated rings. The third kappa shape index (κ3) is 7.79. The van der Waals surface area contributed by atoms with E-state index in [1.807, 2.05) is 0 Å². The number of alkyl halides is 3. The van der Waals surface area contributed by atoms with Crippen molar-refractivity contribution in [3.8, 4) is 5.75 Å². The van der Waals surface area contributed by atoms with Crippen LogP contribution in [0, 0.1) is 0 Å². The predicted molar refractivity (Wildman–Crippen MR) is 201 cm³/mol. The number of piperazine rings is 1. The van der Waals surface area contributed by atoms with E-state index in [0.29, 0.717) is 58.1 Å². The Kier molecular flexibility index (Phi) is 9.77. The van der Waals surface area contributed by atoms with Gasteiger partial charge < -0.3 is 30.2 Å². The SMILES string of the molecule is C=Cc1cc(Nc2nc(Nc3ccc4nccnc4c3N(C)S(C)(=O)=O)c3cc[nH]c3n2)c(OC(F)(F)F)cc1N1CCC(N2CCN(C)CC2)CC1. The molecule has 2 saturated heterocycles. The van der Waals surface area contributed by atoms with Gasteiger partial charge in [0.2, 0.25) is 16.0 Å². The van der Waals surface area contributed by atoms with E-state index in [1.54, 1.807) is 36.5 Å². The number of fused-ring (bicyclic) bond motifs is 2. The fourth-order valence-corrected chi connectivity index (χ4v) is 7.45. The molecule has 2 aliphatic heterocycles. The molecule has 2 aliphatic rings. The second-order valence-electron chi connectivity index (χ2n) is 13.2. The summed E-state index contributed by atoms with van der Waals surface area (Å²) in [6, 6.07) is 8.42. The molecule has 18 heteroatoms. The Balaban J connectivity index is 1.22. The van der Waals surface area contributed by atoms with Crippen LogP contribution in [0.4, 0.5) is 47.7 Å². The molecule has 5 heterocycles. The van der Waals surface area contributed by atoms with Crippen molar-refractivity contribution in [1.82, 2.24) is 34.7 Å². The number of hydrogen-bond donors (Lipinski definition) is 3. The first kappa shape index (κ1) is 36.2. The standard InChI is InChI=1S/C35H40F3N11O3S/c1-5-22-20-27(29(52-35(36,37)38)21-28(22)49-14-9-23(10-15-49)48-18-16-46(2)17-19-48)43-34-44-32-24(8-11-41-32)33(45-34)42-26-7-6-25-30(40-13-12-39-25)31(26)47(3)53(4,50)51/h5-8,11-13,20-21,23H,1,9-10,14-19H2,2-4H3,(H3,41,42,43,44,45). The van der Waals surface area contributed by atoms with Crippen molar-refractivity contribution in [2.45, 2.75) is 25.2 Å². The highest BCUT2D eigenvalue weighted by Crippen LogP contribution is 2.41. The zero-order valence-corrected chi connectivity index (χ0v) is 30.3. The van der Waals surface area contributed by atoms with Gasteiger partial charge in [0.1, 0.15) is 22.7 Å². The maximum absolute atomic E-state index is 13.9. The number of anilines is 6. The van der Waals surface area contributed by atoms with Crippen molar-refractivity contribution in [3.63, 3.8) is 0 Å². The molecule has 0 atom stereocenters. The second-order valence-corrected chi connectivity index (χ2v) is 15.2. The van der Waals surface area contributed by atoms with Gasteiger partial charge in [-0.3, -0.25) is 19.2 Å². The first-order valence-corrected chi connectivity index (χ1v) is 18.9. The van der Waals surface area contributed by atoms with E-state index in [0.717, 1.165) is 49.6 Å². The highest BCUT2D eigenvalue weighted by molar-refractivity contribution is 7.92. The molecular weight excluding hydrogens is 712 g/mol. The monoisotopic (exact) mass is 751 g/mol. The lowest BCUT2D eigenvalue weighted by atomic mass is 10.00. The highest BCUT2D eigenvalue weighted by atomic mass is 32.2. The third-order valence-corrected chi connectivity index (χ3v) is 11.0. The van der Waals surface area contributed by atoms with Gasteiger partial charge in [0.25, 0.3) is 0 Å². The van der Waals surface area contributed by atoms with Gasteiger partial charge in [-0.1, -0.05) is 12.7 Å². The first-order chi connectivity index (χ1) is 25.3. The van der Waals surface area contributed by atoms with Crippen molar-refractivity contribution < 1.29 is 26.3 Å². The van der Waals surface area contributed by atoms with E-state index in [-0.39, 0.29) is 23.1 Å². The van der Waals surface area contributed by atoms with Gasteiger partial charge in [-0.05, 0) is 49.7 Å². The van der Waals surface area contributed by atoms with Crippen molar-refractivity contribution in [2.75, 3.05) is 79.5 Å². The van der Waals surface area contributed by atoms with Crippen LogP contribution in [-0.4, -0.2) is 115 Å². The number of H-pyrrole nitrogens is 1. The molecule has 280 valence electrons. The molecule has 7 rings (SSSR count). The summed E-state index contributed by atoms with van der Waals surface area (Å²) in [7, 11) is -0.212. The molecule has 0 aliphatic carbocycles. The average molecular weight is 752 g/mol. The van der Waals surface area contributed by atoms with Gasteiger partial charge in [-0.2, -0.15) is 9.97 Å². The summed E-state index contributed by atoms with van der Waals surface area (Å²) in [4.78, 5) is 27.8. The molecule has 0 saturated carbocycles. The van der Waals surface area contributed by atoms with Crippen LogP contribution in [-0.2, 0) is 10.0 Å². The van der Waals surface area contributed by atoms with E-state index in [4.69, 9.17) is 0 Å². The minimum atomic E-state index is -4.98. The minimum Gasteiger partial charge on any atom is -0.403 e. The van der Waals surface area contributed by atoms with Crippen LogP contribution >= 0.6 is 0 Å². The van der Waals surface area contributed by atoms with E-state index >= 15 is 0 Å². The van der Waals surface area contributed by atoms with Crippen molar-refractivity contribution >= 4 is 72.7 Å². The van der Waals surface area contributed by atoms with Crippen LogP contribution in [0.25, 0.3) is 28.1 Å². The van der Waals surface area contributed by atoms with Gasteiger partial charge in [-0.15, -0.1) is 13.2 Å². The number of halogens is 3. The number of aromatic amines is 1. The number of rotatable bonds is 10. The lowest BCUT2D eigenvalue weighted by Gasteiger charge is -2.43. The first-order valence-electron chi connectivity index (χ1n) is 17.1. The van der Waals surface area contributed by atoms with Gasteiger partial charge >= 0.3 is 6.36 Å². The average Bonchev–Trinajstić information content (AvgIpc) is 3.60. The molecule has 14 nitrogen and oxygen atoms in total. The molecule has 3 aromatic heterocycles. The topological polar surface area (TPSA) is 148 Å². The molecule has 53 heavy (non-hydrogen) atoms. The van der Waals surface area contributed by atoms with Crippen molar-refractivity contribution in [1.29, 1.82) is 0 Å². The molecule has 5 aromatic rings. The maximum atomic E-state index is 13.9. The number of nitrogens with one attached hydrogen (secondary N) is 3. The number of benzene rings is 2. The Bertz CT molecular complexity index is 2250. The number of piperidine rings is 1. The summed E-state index contributed by atoms with van der Waals surface area (Å²) < 4.78 is 72.7. The van der Waals surface area contributed by atoms with Crippen LogP contribution in [0.15, 0.2) is 55.5 Å². The molecule has 0 bridgehead atoms. The summed E-state index contributed by atoms with van der Waals surface area (Å²) in [6.07, 6.45) is 4.09. The van der Waals surface area contributed by atoms with Gasteiger partial charge in [0, 0.05) is 82.7 Å². The zero-order chi connectivity index (χ0) is 37.5. The molecule has 0 amide bonds. The van der Waals surface area contributed by atoms with E-state index in [9.17, 15) is 21.6 Å². The van der Waals surface area contributed by atoms with Crippen molar-refractivity contribution in [3.05, 3.63) is 61.1 Å². The summed E-state index contributed by atoms with van der Waals surface area (Å²) in [5.74, 6) is -0.259. The molecule has 0 radical (unpaired) electrons. The number of ether oxygens (including phenoxy) is 1. The summed E-state index contributed by atoms with van der Waals surface area (Å²) >= 11 is 0. The van der Waals surface area contributed by atoms with Crippen LogP contribution < -0.4 is 24.6 Å². The smallest absolute Gasteiger partial charge is 0.403 e. The molecule has 3 N–H and O–H groups in total. The minimum absolute atomic E-state index is 0.0244. The van der Waals surface area contributed by atoms with Gasteiger partial charge in [-0.25, -0.2) is 8.42 Å². The molecule has 0 unspecified atom stereocenters. The largest absolute Gasteiger partial charge is 0.573 e. The number of nitrogens with zero attached hydrogens (tertiary/aromatic N) is 8. The third-order valence-electron chi connectivity index (χ3n) is 9.78. The number of sulfonamides is 1. The lowest BCUT2D eigenvalue weighted by Crippen LogP contribution is -2.52. The molecular formula is C35H40F3N11O3S. The molecule has 0 spiro atoms. The fraction of sp³-hybridized carbons (Fsp3) is 0.371. The van der Waals surface area contributed by atoms with E-state index in [2.05, 4.69) is 68.6 Å². The van der Waals surface area contributed by atoms with E-state index < -0.39 is 22.1 Å². The Labute approximate surface area is 304 Å². The number of aromatic nitrogens is 5. The highest BCUT2D eigenvalue weighted by Gasteiger charge is 2.34. The second kappa shape index (κ2) is 14.3. The number of hydrogen-bond acceptors (Lipinski definition) is 12. The lowest BCUT2D eigenvalue weighted by molar-refractivity contribution is -0.274. The van der Waals surface area contributed by atoms with Gasteiger partial charge in [0.05, 0.1) is 28.5 Å². The Morgan fingerprint density at radius 2 is 1.74 bits per heavy atom. The summed E-state index contributed by atoms with van der Waals surface area (Å²) in [6.45, 7) is 9.36. The fourth-order valence-electron chi connectivity index (χ4n) is 6.94. The van der Waals surface area contributed by atoms with Crippen LogP contribution in [0.3, 0.4) is 0 Å². The van der Waals surface area contributed by atoms with Crippen molar-refractivity contribution in [2.24, 2.45) is 0 Å². The Morgan fingerprint density at radius 3 is 2.43 bits per heavy atom. The Morgan fingerprint density at radius 1 is 1.00 bits per heavy atom. The summed E-state index contributed by atoms with van der Waals surface area (Å²) in [5, 5.41) is 6.68. The normalized spacial score (nSPS) is 16.6. The maximum Gasteiger partial charge on any atom is 0.573 e. The van der Waals surface area contributed by atoms with Crippen LogP contribution in [0.2, 0.25) is 0 Å². The van der Waals surface area contributed by atoms with Crippen LogP contribution in [0.1, 0.15) is 18.4 Å². The number of likely N-dealkylation sites (N-methyl/N-ethyl adjacent to an activating group) is 1. The predicted octanol–water partition coefficient (Wildman–Crippen LogP) is 5.54. The van der Waals surface area contributed by atoms with Gasteiger partial charge in [0.15, 0.2) is 5.75 Å².